The number of hydrogen-bond acceptors (Lipinski definition) is 3. The number of halogens is 1. The fraction of sp³-hybridized carbons (Fsp3) is 0.400. The van der Waals surface area contributed by atoms with Crippen molar-refractivity contribution in [3.63, 3.8) is 0 Å². The second-order valence-corrected chi connectivity index (χ2v) is 6.53. The first-order chi connectivity index (χ1) is 11.8. The zero-order valence-corrected chi connectivity index (χ0v) is 15.7. The minimum absolute atomic E-state index is 0.515. The summed E-state index contributed by atoms with van der Waals surface area (Å²) in [5.74, 6) is 7.42. The van der Waals surface area contributed by atoms with Gasteiger partial charge >= 0.3 is 0 Å². The first-order valence-electron chi connectivity index (χ1n) is 8.50. The molecule has 0 aliphatic carbocycles. The van der Waals surface area contributed by atoms with Crippen LogP contribution >= 0.6 is 15.9 Å². The first kappa shape index (κ1) is 18.5. The van der Waals surface area contributed by atoms with E-state index in [-0.39, 0.29) is 0 Å². The SMILES string of the molecule is CCCCCCCCOc1ccc(C#Cc2ncc(Br)cn2)cc1. The second kappa shape index (κ2) is 10.8. The van der Waals surface area contributed by atoms with Gasteiger partial charge in [-0.2, -0.15) is 0 Å². The summed E-state index contributed by atoms with van der Waals surface area (Å²) in [7, 11) is 0. The molecule has 2 rings (SSSR count). The van der Waals surface area contributed by atoms with Gasteiger partial charge in [0.05, 0.1) is 11.1 Å². The maximum Gasteiger partial charge on any atom is 0.205 e. The molecule has 0 radical (unpaired) electrons. The van der Waals surface area contributed by atoms with Gasteiger partial charge in [0.25, 0.3) is 0 Å². The summed E-state index contributed by atoms with van der Waals surface area (Å²) >= 11 is 3.30. The number of unbranched alkanes of at least 4 members (excludes halogenated alkanes) is 5. The molecule has 0 amide bonds. The molecule has 126 valence electrons. The third-order valence-corrected chi connectivity index (χ3v) is 3.97. The van der Waals surface area contributed by atoms with Gasteiger partial charge < -0.3 is 4.74 Å². The average Bonchev–Trinajstić information content (AvgIpc) is 2.61. The summed E-state index contributed by atoms with van der Waals surface area (Å²) in [4.78, 5) is 8.26. The van der Waals surface area contributed by atoms with Crippen LogP contribution in [0.1, 0.15) is 56.8 Å². The Morgan fingerprint density at radius 1 is 0.917 bits per heavy atom. The summed E-state index contributed by atoms with van der Waals surface area (Å²) in [6, 6.07) is 7.85. The van der Waals surface area contributed by atoms with Crippen LogP contribution in [0, 0.1) is 11.8 Å². The minimum Gasteiger partial charge on any atom is -0.494 e. The maximum absolute atomic E-state index is 5.77. The predicted octanol–water partition coefficient (Wildman–Crippen LogP) is 5.38. The molecular weight excluding hydrogens is 364 g/mol. The Morgan fingerprint density at radius 2 is 1.58 bits per heavy atom. The normalized spacial score (nSPS) is 10.1. The van der Waals surface area contributed by atoms with Crippen molar-refractivity contribution in [2.24, 2.45) is 0 Å². The van der Waals surface area contributed by atoms with Crippen LogP contribution in [-0.2, 0) is 0 Å². The van der Waals surface area contributed by atoms with E-state index < -0.39 is 0 Å². The zero-order chi connectivity index (χ0) is 17.0. The highest BCUT2D eigenvalue weighted by Crippen LogP contribution is 2.13. The number of hydrogen-bond donors (Lipinski definition) is 0. The topological polar surface area (TPSA) is 35.0 Å². The van der Waals surface area contributed by atoms with E-state index in [4.69, 9.17) is 4.74 Å². The van der Waals surface area contributed by atoms with Gasteiger partial charge in [-0.3, -0.25) is 0 Å². The monoisotopic (exact) mass is 386 g/mol. The Morgan fingerprint density at radius 3 is 2.29 bits per heavy atom. The van der Waals surface area contributed by atoms with E-state index >= 15 is 0 Å². The van der Waals surface area contributed by atoms with Crippen molar-refractivity contribution in [1.82, 2.24) is 9.97 Å². The van der Waals surface area contributed by atoms with Gasteiger partial charge in [0, 0.05) is 18.0 Å². The number of rotatable bonds is 8. The van der Waals surface area contributed by atoms with Crippen LogP contribution in [0.15, 0.2) is 41.1 Å². The smallest absolute Gasteiger partial charge is 0.205 e. The molecule has 4 heteroatoms. The number of benzene rings is 1. The van der Waals surface area contributed by atoms with Crippen LogP contribution in [0.5, 0.6) is 5.75 Å². The molecule has 2 aromatic rings. The summed E-state index contributed by atoms with van der Waals surface area (Å²) in [6.07, 6.45) is 11.0. The van der Waals surface area contributed by atoms with Crippen molar-refractivity contribution < 1.29 is 4.74 Å². The van der Waals surface area contributed by atoms with Crippen molar-refractivity contribution in [2.45, 2.75) is 45.4 Å². The molecule has 0 saturated carbocycles. The molecule has 0 aliphatic rings. The fourth-order valence-corrected chi connectivity index (χ4v) is 2.42. The Labute approximate surface area is 153 Å². The lowest BCUT2D eigenvalue weighted by Crippen LogP contribution is -1.97. The number of aromatic nitrogens is 2. The molecule has 0 bridgehead atoms. The summed E-state index contributed by atoms with van der Waals surface area (Å²) in [6.45, 7) is 3.02. The van der Waals surface area contributed by atoms with Crippen LogP contribution in [0.2, 0.25) is 0 Å². The molecule has 0 spiro atoms. The molecule has 0 N–H and O–H groups in total. The van der Waals surface area contributed by atoms with Gasteiger partial charge in [0.15, 0.2) is 0 Å². The highest BCUT2D eigenvalue weighted by molar-refractivity contribution is 9.10. The quantitative estimate of drug-likeness (QED) is 0.451. The van der Waals surface area contributed by atoms with Crippen molar-refractivity contribution in [1.29, 1.82) is 0 Å². The molecule has 1 aromatic heterocycles. The molecule has 0 saturated heterocycles. The molecule has 3 nitrogen and oxygen atoms in total. The minimum atomic E-state index is 0.515. The molecule has 24 heavy (non-hydrogen) atoms. The molecule has 0 fully saturated rings. The Bertz CT molecular complexity index is 657. The van der Waals surface area contributed by atoms with Gasteiger partial charge in [-0.15, -0.1) is 0 Å². The van der Waals surface area contributed by atoms with Gasteiger partial charge in [-0.1, -0.05) is 44.9 Å². The lowest BCUT2D eigenvalue weighted by atomic mass is 10.1. The molecule has 0 aliphatic heterocycles. The lowest BCUT2D eigenvalue weighted by Gasteiger charge is -2.06. The second-order valence-electron chi connectivity index (χ2n) is 5.62. The highest BCUT2D eigenvalue weighted by atomic mass is 79.9. The van der Waals surface area contributed by atoms with Crippen molar-refractivity contribution in [3.05, 3.63) is 52.5 Å². The van der Waals surface area contributed by atoms with E-state index in [9.17, 15) is 0 Å². The first-order valence-corrected chi connectivity index (χ1v) is 9.29. The molecule has 1 heterocycles. The van der Waals surface area contributed by atoms with Crippen LogP contribution in [0.25, 0.3) is 0 Å². The molecule has 1 aromatic carbocycles. The highest BCUT2D eigenvalue weighted by Gasteiger charge is 1.95. The van der Waals surface area contributed by atoms with Crippen LogP contribution in [0.4, 0.5) is 0 Å². The Kier molecular flexibility index (Phi) is 8.34. The van der Waals surface area contributed by atoms with Gasteiger partial charge in [-0.25, -0.2) is 9.97 Å². The van der Waals surface area contributed by atoms with Crippen molar-refractivity contribution >= 4 is 15.9 Å². The van der Waals surface area contributed by atoms with E-state index in [0.717, 1.165) is 28.8 Å². The van der Waals surface area contributed by atoms with Gasteiger partial charge in [0.2, 0.25) is 5.82 Å². The van der Waals surface area contributed by atoms with E-state index in [1.54, 1.807) is 12.4 Å². The van der Waals surface area contributed by atoms with E-state index in [0.29, 0.717) is 5.82 Å². The average molecular weight is 387 g/mol. The maximum atomic E-state index is 5.77. The zero-order valence-electron chi connectivity index (χ0n) is 14.1. The van der Waals surface area contributed by atoms with Gasteiger partial charge in [0.1, 0.15) is 5.75 Å². The summed E-state index contributed by atoms with van der Waals surface area (Å²) in [5.41, 5.74) is 0.924. The third-order valence-electron chi connectivity index (χ3n) is 3.56. The number of nitrogens with zero attached hydrogens (tertiary/aromatic N) is 2. The largest absolute Gasteiger partial charge is 0.494 e. The van der Waals surface area contributed by atoms with E-state index in [1.807, 2.05) is 24.3 Å². The van der Waals surface area contributed by atoms with Gasteiger partial charge in [-0.05, 0) is 52.5 Å². The molecule has 0 unspecified atom stereocenters. The van der Waals surface area contributed by atoms with Crippen LogP contribution in [0.3, 0.4) is 0 Å². The van der Waals surface area contributed by atoms with E-state index in [2.05, 4.69) is 44.7 Å². The van der Waals surface area contributed by atoms with Crippen molar-refractivity contribution in [3.8, 4) is 17.6 Å². The molecular formula is C20H23BrN2O. The Hall–Kier alpha value is -1.86. The molecule has 0 atom stereocenters. The van der Waals surface area contributed by atoms with Crippen molar-refractivity contribution in [2.75, 3.05) is 6.61 Å². The summed E-state index contributed by atoms with van der Waals surface area (Å²) in [5, 5.41) is 0. The predicted molar refractivity (Wildman–Crippen MR) is 101 cm³/mol. The summed E-state index contributed by atoms with van der Waals surface area (Å²) < 4.78 is 6.61. The Balaban J connectivity index is 1.74. The third kappa shape index (κ3) is 7.14. The van der Waals surface area contributed by atoms with E-state index in [1.165, 1.54) is 32.1 Å². The van der Waals surface area contributed by atoms with Crippen LogP contribution < -0.4 is 4.74 Å². The van der Waals surface area contributed by atoms with Crippen LogP contribution in [-0.4, -0.2) is 16.6 Å². The fourth-order valence-electron chi connectivity index (χ4n) is 2.21. The lowest BCUT2D eigenvalue weighted by molar-refractivity contribution is 0.304. The standard InChI is InChI=1S/C20H23BrN2O/c1-2-3-4-5-6-7-14-24-19-11-8-17(9-12-19)10-13-20-22-15-18(21)16-23-20/h8-9,11-12,15-16H,2-7,14H2,1H3. The number of ether oxygens (including phenoxy) is 1.